The van der Waals surface area contributed by atoms with Crippen molar-refractivity contribution in [3.8, 4) is 0 Å². The van der Waals surface area contributed by atoms with E-state index in [0.29, 0.717) is 6.04 Å². The first kappa shape index (κ1) is 12.4. The van der Waals surface area contributed by atoms with E-state index in [1.807, 2.05) is 24.9 Å². The third-order valence-electron chi connectivity index (χ3n) is 3.69. The summed E-state index contributed by atoms with van der Waals surface area (Å²) in [6.45, 7) is 3.75. The molecule has 3 heterocycles. The van der Waals surface area contributed by atoms with Gasteiger partial charge in [0.15, 0.2) is 5.65 Å². The fraction of sp³-hybridized carbons (Fsp3) is 0.571. The molecule has 5 heteroatoms. The Kier molecular flexibility index (Phi) is 3.38. The fourth-order valence-corrected chi connectivity index (χ4v) is 2.67. The van der Waals surface area contributed by atoms with Crippen LogP contribution in [0, 0.1) is 6.92 Å². The summed E-state index contributed by atoms with van der Waals surface area (Å²) >= 11 is 0. The summed E-state index contributed by atoms with van der Waals surface area (Å²) in [4.78, 5) is 4.50. The van der Waals surface area contributed by atoms with E-state index in [9.17, 15) is 0 Å². The predicted octanol–water partition coefficient (Wildman–Crippen LogP) is 2.26. The molecule has 3 rings (SSSR count). The number of aryl methyl sites for hydroxylation is 2. The molecule has 0 aliphatic carbocycles. The number of fused-ring (bicyclic) bond motifs is 1. The van der Waals surface area contributed by atoms with Gasteiger partial charge in [0.1, 0.15) is 0 Å². The lowest BCUT2D eigenvalue weighted by Gasteiger charge is -2.16. The molecular weight excluding hydrogens is 240 g/mol. The molecule has 0 aromatic carbocycles. The van der Waals surface area contributed by atoms with Gasteiger partial charge in [-0.15, -0.1) is 0 Å². The number of ether oxygens (including phenoxy) is 1. The minimum Gasteiger partial charge on any atom is -0.381 e. The van der Waals surface area contributed by atoms with E-state index in [1.165, 1.54) is 0 Å². The minimum absolute atomic E-state index is 0.485. The first-order chi connectivity index (χ1) is 9.24. The van der Waals surface area contributed by atoms with Crippen LogP contribution in [0.15, 0.2) is 12.3 Å². The van der Waals surface area contributed by atoms with E-state index in [4.69, 9.17) is 4.74 Å². The molecule has 1 unspecified atom stereocenters. The summed E-state index contributed by atoms with van der Waals surface area (Å²) in [6.07, 6.45) is 5.24. The third kappa shape index (κ3) is 2.56. The molecule has 19 heavy (non-hydrogen) atoms. The monoisotopic (exact) mass is 260 g/mol. The van der Waals surface area contributed by atoms with E-state index in [2.05, 4.69) is 21.5 Å². The molecule has 1 aliphatic heterocycles. The molecule has 0 spiro atoms. The predicted molar refractivity (Wildman–Crippen MR) is 75.3 cm³/mol. The Morgan fingerprint density at radius 1 is 1.37 bits per heavy atom. The van der Waals surface area contributed by atoms with Crippen LogP contribution >= 0.6 is 0 Å². The zero-order valence-corrected chi connectivity index (χ0v) is 11.5. The highest BCUT2D eigenvalue weighted by Gasteiger charge is 2.13. The Balaban J connectivity index is 1.82. The van der Waals surface area contributed by atoms with Gasteiger partial charge in [0.05, 0.1) is 17.6 Å². The average molecular weight is 260 g/mol. The van der Waals surface area contributed by atoms with Crippen molar-refractivity contribution >= 4 is 16.7 Å². The molecule has 102 valence electrons. The van der Waals surface area contributed by atoms with Crippen molar-refractivity contribution < 1.29 is 4.74 Å². The van der Waals surface area contributed by atoms with Crippen LogP contribution in [0.4, 0.5) is 5.69 Å². The first-order valence-electron chi connectivity index (χ1n) is 6.87. The summed E-state index contributed by atoms with van der Waals surface area (Å²) in [5.41, 5.74) is 3.04. The maximum absolute atomic E-state index is 5.49. The smallest absolute Gasteiger partial charge is 0.157 e. The van der Waals surface area contributed by atoms with Crippen LogP contribution in [0.5, 0.6) is 0 Å². The van der Waals surface area contributed by atoms with Gasteiger partial charge in [-0.2, -0.15) is 5.10 Å². The molecule has 1 atom stereocenters. The normalized spacial score (nSPS) is 20.4. The van der Waals surface area contributed by atoms with Gasteiger partial charge in [-0.3, -0.25) is 4.68 Å². The molecule has 2 aromatic heterocycles. The van der Waals surface area contributed by atoms with Crippen molar-refractivity contribution in [1.82, 2.24) is 14.8 Å². The van der Waals surface area contributed by atoms with Crippen molar-refractivity contribution in [1.29, 1.82) is 0 Å². The molecule has 1 aliphatic rings. The topological polar surface area (TPSA) is 52.0 Å². The van der Waals surface area contributed by atoms with Gasteiger partial charge in [-0.25, -0.2) is 4.98 Å². The van der Waals surface area contributed by atoms with E-state index in [1.54, 1.807) is 0 Å². The molecule has 0 bridgehead atoms. The van der Waals surface area contributed by atoms with Gasteiger partial charge in [0, 0.05) is 31.7 Å². The molecule has 1 N–H and O–H groups in total. The van der Waals surface area contributed by atoms with Gasteiger partial charge in [-0.05, 0) is 32.3 Å². The van der Waals surface area contributed by atoms with Crippen molar-refractivity contribution in [3.05, 3.63) is 18.0 Å². The van der Waals surface area contributed by atoms with Crippen LogP contribution in [0.1, 0.15) is 25.0 Å². The Bertz CT molecular complexity index is 570. The molecule has 1 fully saturated rings. The molecule has 2 aromatic rings. The maximum Gasteiger partial charge on any atom is 0.157 e. The van der Waals surface area contributed by atoms with Crippen molar-refractivity contribution in [3.63, 3.8) is 0 Å². The van der Waals surface area contributed by atoms with Crippen LogP contribution in [-0.2, 0) is 11.8 Å². The lowest BCUT2D eigenvalue weighted by Crippen LogP contribution is -2.19. The number of anilines is 1. The second-order valence-corrected chi connectivity index (χ2v) is 5.19. The largest absolute Gasteiger partial charge is 0.381 e. The van der Waals surface area contributed by atoms with Gasteiger partial charge in [0.25, 0.3) is 0 Å². The second kappa shape index (κ2) is 5.17. The number of pyridine rings is 1. The molecule has 5 nitrogen and oxygen atoms in total. The Hall–Kier alpha value is -1.62. The van der Waals surface area contributed by atoms with Crippen molar-refractivity contribution in [2.75, 3.05) is 18.5 Å². The number of aromatic nitrogens is 3. The summed E-state index contributed by atoms with van der Waals surface area (Å²) in [5, 5.41) is 9.09. The molecule has 0 saturated carbocycles. The van der Waals surface area contributed by atoms with Crippen LogP contribution in [0.3, 0.4) is 0 Å². The highest BCUT2D eigenvalue weighted by molar-refractivity contribution is 5.81. The highest BCUT2D eigenvalue weighted by atomic mass is 16.5. The Morgan fingerprint density at radius 2 is 2.26 bits per heavy atom. The van der Waals surface area contributed by atoms with Gasteiger partial charge < -0.3 is 10.1 Å². The van der Waals surface area contributed by atoms with E-state index >= 15 is 0 Å². The fourth-order valence-electron chi connectivity index (χ4n) is 2.67. The average Bonchev–Trinajstić information content (AvgIpc) is 2.60. The number of hydrogen-bond donors (Lipinski definition) is 1. The van der Waals surface area contributed by atoms with Crippen LogP contribution in [0.2, 0.25) is 0 Å². The zero-order chi connectivity index (χ0) is 13.2. The van der Waals surface area contributed by atoms with Crippen LogP contribution < -0.4 is 5.32 Å². The summed E-state index contributed by atoms with van der Waals surface area (Å²) in [5.74, 6) is 0. The SMILES string of the molecule is Cc1nn(C)c2ncc(NC3CCCOCC3)cc12. The first-order valence-corrected chi connectivity index (χ1v) is 6.87. The summed E-state index contributed by atoms with van der Waals surface area (Å²) in [6, 6.07) is 2.63. The van der Waals surface area contributed by atoms with Gasteiger partial charge in [-0.1, -0.05) is 0 Å². The second-order valence-electron chi connectivity index (χ2n) is 5.19. The number of nitrogens with zero attached hydrogens (tertiary/aromatic N) is 3. The van der Waals surface area contributed by atoms with E-state index in [0.717, 1.165) is 54.9 Å². The quantitative estimate of drug-likeness (QED) is 0.900. The minimum atomic E-state index is 0.485. The lowest BCUT2D eigenvalue weighted by molar-refractivity contribution is 0.144. The molecular formula is C14H20N4O. The Morgan fingerprint density at radius 3 is 3.16 bits per heavy atom. The number of hydrogen-bond acceptors (Lipinski definition) is 4. The lowest BCUT2D eigenvalue weighted by atomic mass is 10.1. The van der Waals surface area contributed by atoms with Crippen molar-refractivity contribution in [2.45, 2.75) is 32.2 Å². The Labute approximate surface area is 113 Å². The van der Waals surface area contributed by atoms with Gasteiger partial charge in [0.2, 0.25) is 0 Å². The third-order valence-corrected chi connectivity index (χ3v) is 3.69. The molecule has 1 saturated heterocycles. The summed E-state index contributed by atoms with van der Waals surface area (Å²) < 4.78 is 7.31. The molecule has 0 amide bonds. The number of rotatable bonds is 2. The summed E-state index contributed by atoms with van der Waals surface area (Å²) in [7, 11) is 1.93. The number of nitrogens with one attached hydrogen (secondary N) is 1. The standard InChI is InChI=1S/C14H20N4O/c1-10-13-8-12(9-15-14(13)18(2)17-10)16-11-4-3-6-19-7-5-11/h8-9,11,16H,3-7H2,1-2H3. The van der Waals surface area contributed by atoms with E-state index in [-0.39, 0.29) is 0 Å². The van der Waals surface area contributed by atoms with E-state index < -0.39 is 0 Å². The van der Waals surface area contributed by atoms with Crippen LogP contribution in [0.25, 0.3) is 11.0 Å². The van der Waals surface area contributed by atoms with Gasteiger partial charge >= 0.3 is 0 Å². The maximum atomic E-state index is 5.49. The van der Waals surface area contributed by atoms with Crippen molar-refractivity contribution in [2.24, 2.45) is 7.05 Å². The highest BCUT2D eigenvalue weighted by Crippen LogP contribution is 2.21. The molecule has 0 radical (unpaired) electrons. The zero-order valence-electron chi connectivity index (χ0n) is 11.5. The van der Waals surface area contributed by atoms with Crippen LogP contribution in [-0.4, -0.2) is 34.0 Å².